The fraction of sp³-hybridized carbons (Fsp3) is 0.267. The van der Waals surface area contributed by atoms with Crippen molar-refractivity contribution in [1.29, 1.82) is 0 Å². The molecule has 2 heterocycles. The van der Waals surface area contributed by atoms with Crippen molar-refractivity contribution in [2.24, 2.45) is 0 Å². The summed E-state index contributed by atoms with van der Waals surface area (Å²) in [6.45, 7) is 4.72. The van der Waals surface area contributed by atoms with Crippen LogP contribution in [0.1, 0.15) is 75.6 Å². The van der Waals surface area contributed by atoms with Crippen molar-refractivity contribution in [2.75, 3.05) is 13.1 Å². The number of hydrogen-bond acceptors (Lipinski definition) is 4. The van der Waals surface area contributed by atoms with Crippen molar-refractivity contribution in [3.05, 3.63) is 69.8 Å². The second-order valence-corrected chi connectivity index (χ2v) is 9.97. The molecule has 178 valence electrons. The van der Waals surface area contributed by atoms with E-state index in [0.29, 0.717) is 49.1 Å². The van der Waals surface area contributed by atoms with E-state index in [9.17, 15) is 19.2 Å². The molecule has 0 fully saturated rings. The molecular weight excluding hydrogens is 452 g/mol. The number of allylic oxidation sites excluding steroid dienone is 1. The molecule has 7 rings (SSSR count). The van der Waals surface area contributed by atoms with Gasteiger partial charge in [0.2, 0.25) is 5.91 Å². The molecule has 1 unspecified atom stereocenters. The zero-order valence-electron chi connectivity index (χ0n) is 20.2. The lowest BCUT2D eigenvalue weighted by Gasteiger charge is -2.36. The second-order valence-electron chi connectivity index (χ2n) is 9.97. The van der Waals surface area contributed by atoms with Crippen LogP contribution in [-0.4, -0.2) is 46.5 Å². The number of amides is 4. The molecule has 6 heteroatoms. The number of carbonyl (C=O) groups is 4. The predicted octanol–water partition coefficient (Wildman–Crippen LogP) is 4.83. The third-order valence-electron chi connectivity index (χ3n) is 8.04. The molecule has 0 spiro atoms. The molecule has 0 aromatic heterocycles. The Morgan fingerprint density at radius 2 is 1.47 bits per heavy atom. The van der Waals surface area contributed by atoms with Crippen molar-refractivity contribution in [1.82, 2.24) is 9.80 Å². The van der Waals surface area contributed by atoms with Crippen LogP contribution >= 0.6 is 0 Å². The number of hydrogen-bond donors (Lipinski definition) is 0. The maximum atomic E-state index is 13.3. The second kappa shape index (κ2) is 7.23. The third kappa shape index (κ3) is 2.41. The molecule has 4 amide bonds. The van der Waals surface area contributed by atoms with Crippen LogP contribution in [0.2, 0.25) is 0 Å². The topological polar surface area (TPSA) is 74.8 Å². The molecule has 3 aromatic rings. The standard InChI is InChI=1S/C30H24N2O4/c1-3-13-31-27(33)19-9-5-15-17-7-11-21-26-22(30(36)32(14-4-2)29(21)35)12-8-18(24(17)26)16-6-10-20(28(31)34)25(19)23(15)16/h5-7,9-12,20H,3-4,8,13-14H2,1-2H3. The Hall–Kier alpha value is -4.06. The van der Waals surface area contributed by atoms with Crippen molar-refractivity contribution >= 4 is 56.8 Å². The first-order chi connectivity index (χ1) is 17.5. The van der Waals surface area contributed by atoms with Crippen LogP contribution in [0.5, 0.6) is 0 Å². The zero-order valence-corrected chi connectivity index (χ0v) is 20.2. The minimum atomic E-state index is -0.483. The van der Waals surface area contributed by atoms with Gasteiger partial charge in [-0.25, -0.2) is 0 Å². The number of imide groups is 2. The van der Waals surface area contributed by atoms with Gasteiger partial charge in [-0.3, -0.25) is 29.0 Å². The van der Waals surface area contributed by atoms with E-state index in [2.05, 4.69) is 0 Å². The minimum absolute atomic E-state index is 0.169. The Labute approximate surface area is 207 Å². The van der Waals surface area contributed by atoms with E-state index in [1.807, 2.05) is 56.3 Å². The Bertz CT molecular complexity index is 1670. The molecule has 36 heavy (non-hydrogen) atoms. The molecular formula is C30H24N2O4. The monoisotopic (exact) mass is 476 g/mol. The van der Waals surface area contributed by atoms with Crippen LogP contribution in [0.3, 0.4) is 0 Å². The molecule has 0 saturated heterocycles. The van der Waals surface area contributed by atoms with Gasteiger partial charge >= 0.3 is 0 Å². The average molecular weight is 477 g/mol. The zero-order chi connectivity index (χ0) is 24.9. The highest BCUT2D eigenvalue weighted by Crippen LogP contribution is 2.49. The summed E-state index contributed by atoms with van der Waals surface area (Å²) in [7, 11) is 0. The maximum Gasteiger partial charge on any atom is 0.261 e. The third-order valence-corrected chi connectivity index (χ3v) is 8.04. The van der Waals surface area contributed by atoms with E-state index in [-0.39, 0.29) is 23.6 Å². The highest BCUT2D eigenvalue weighted by molar-refractivity contribution is 6.36. The Morgan fingerprint density at radius 3 is 2.22 bits per heavy atom. The normalized spacial score (nSPS) is 19.6. The molecule has 2 aliphatic carbocycles. The van der Waals surface area contributed by atoms with Gasteiger partial charge in [0.15, 0.2) is 0 Å². The summed E-state index contributed by atoms with van der Waals surface area (Å²) < 4.78 is 0. The molecule has 0 bridgehead atoms. The highest BCUT2D eigenvalue weighted by Gasteiger charge is 2.42. The number of benzene rings is 3. The summed E-state index contributed by atoms with van der Waals surface area (Å²) >= 11 is 0. The quantitative estimate of drug-likeness (QED) is 0.399. The lowest BCUT2D eigenvalue weighted by molar-refractivity contribution is -0.129. The molecule has 2 aliphatic heterocycles. The van der Waals surface area contributed by atoms with Crippen molar-refractivity contribution < 1.29 is 19.2 Å². The van der Waals surface area contributed by atoms with Crippen molar-refractivity contribution in [3.63, 3.8) is 0 Å². The average Bonchev–Trinajstić information content (AvgIpc) is 2.89. The van der Waals surface area contributed by atoms with E-state index in [0.717, 1.165) is 43.8 Å². The van der Waals surface area contributed by atoms with Crippen LogP contribution in [-0.2, 0) is 16.0 Å². The van der Waals surface area contributed by atoms with Gasteiger partial charge in [0.1, 0.15) is 0 Å². The predicted molar refractivity (Wildman–Crippen MR) is 138 cm³/mol. The Kier molecular flexibility index (Phi) is 4.27. The molecule has 1 atom stereocenters. The number of fused-ring (bicyclic) bond motifs is 2. The van der Waals surface area contributed by atoms with Gasteiger partial charge in [0.25, 0.3) is 17.7 Å². The summed E-state index contributed by atoms with van der Waals surface area (Å²) in [4.78, 5) is 56.0. The number of nitrogens with zero attached hydrogens (tertiary/aromatic N) is 2. The van der Waals surface area contributed by atoms with Gasteiger partial charge in [-0.05, 0) is 69.6 Å². The van der Waals surface area contributed by atoms with Gasteiger partial charge in [-0.2, -0.15) is 0 Å². The molecule has 4 aliphatic rings. The Morgan fingerprint density at radius 1 is 0.806 bits per heavy atom. The van der Waals surface area contributed by atoms with Crippen LogP contribution < -0.4 is 0 Å². The van der Waals surface area contributed by atoms with E-state index >= 15 is 0 Å². The van der Waals surface area contributed by atoms with Gasteiger partial charge in [-0.1, -0.05) is 44.2 Å². The van der Waals surface area contributed by atoms with Crippen LogP contribution in [0.4, 0.5) is 0 Å². The van der Waals surface area contributed by atoms with Gasteiger partial charge < -0.3 is 0 Å². The maximum absolute atomic E-state index is 13.3. The van der Waals surface area contributed by atoms with Crippen molar-refractivity contribution in [2.45, 2.75) is 39.0 Å². The van der Waals surface area contributed by atoms with E-state index in [1.165, 1.54) is 9.80 Å². The summed E-state index contributed by atoms with van der Waals surface area (Å²) in [5.41, 5.74) is 5.28. The molecule has 3 aromatic carbocycles. The fourth-order valence-electron chi connectivity index (χ4n) is 6.58. The summed E-state index contributed by atoms with van der Waals surface area (Å²) in [6.07, 6.45) is 7.82. The van der Waals surface area contributed by atoms with Gasteiger partial charge in [0, 0.05) is 35.4 Å². The SMILES string of the molecule is CCCN1C(=O)C2=CCc3c4c5c6c(ccc5c5ccc(c2c35)C1=O)C(=O)N(CCC)C(=O)C6C=C4. The summed E-state index contributed by atoms with van der Waals surface area (Å²) in [6, 6.07) is 7.60. The highest BCUT2D eigenvalue weighted by atomic mass is 16.2. The molecule has 6 nitrogen and oxygen atoms in total. The van der Waals surface area contributed by atoms with Gasteiger partial charge in [0.05, 0.1) is 5.92 Å². The molecule has 0 N–H and O–H groups in total. The first-order valence-electron chi connectivity index (χ1n) is 12.7. The van der Waals surface area contributed by atoms with Gasteiger partial charge in [-0.15, -0.1) is 0 Å². The lowest BCUT2D eigenvalue weighted by atomic mass is 9.73. The van der Waals surface area contributed by atoms with Crippen molar-refractivity contribution in [3.8, 4) is 0 Å². The Balaban J connectivity index is 1.56. The van der Waals surface area contributed by atoms with E-state index in [4.69, 9.17) is 0 Å². The number of rotatable bonds is 4. The van der Waals surface area contributed by atoms with E-state index < -0.39 is 5.92 Å². The number of carbonyl (C=O) groups excluding carboxylic acids is 4. The fourth-order valence-corrected chi connectivity index (χ4v) is 6.58. The lowest BCUT2D eigenvalue weighted by Crippen LogP contribution is -2.45. The molecule has 0 radical (unpaired) electrons. The summed E-state index contributed by atoms with van der Waals surface area (Å²) in [5, 5.41) is 3.78. The molecule has 0 saturated carbocycles. The largest absolute Gasteiger partial charge is 0.278 e. The first kappa shape index (κ1) is 21.2. The smallest absolute Gasteiger partial charge is 0.261 e. The summed E-state index contributed by atoms with van der Waals surface area (Å²) in [5.74, 6) is -1.36. The minimum Gasteiger partial charge on any atom is -0.278 e. The van der Waals surface area contributed by atoms with E-state index in [1.54, 1.807) is 0 Å². The first-order valence-corrected chi connectivity index (χ1v) is 12.7. The van der Waals surface area contributed by atoms with Crippen LogP contribution in [0, 0.1) is 0 Å². The van der Waals surface area contributed by atoms with Crippen LogP contribution in [0.25, 0.3) is 33.2 Å². The van der Waals surface area contributed by atoms with Crippen LogP contribution in [0.15, 0.2) is 36.4 Å².